The molecule has 1 aliphatic rings. The van der Waals surface area contributed by atoms with Crippen LogP contribution in [0.3, 0.4) is 0 Å². The Kier molecular flexibility index (Phi) is 2.83. The Labute approximate surface area is 119 Å². The smallest absolute Gasteiger partial charge is 0.335 e. The van der Waals surface area contributed by atoms with Gasteiger partial charge in [-0.1, -0.05) is 0 Å². The number of hydrogen-bond donors (Lipinski definition) is 1. The van der Waals surface area contributed by atoms with Crippen molar-refractivity contribution in [2.75, 3.05) is 0 Å². The second-order valence-corrected chi connectivity index (χ2v) is 4.72. The number of rotatable bonds is 3. The number of benzene rings is 1. The Morgan fingerprint density at radius 3 is 2.57 bits per heavy atom. The summed E-state index contributed by atoms with van der Waals surface area (Å²) in [5.41, 5.74) is 0.321. The molecular formula is C14H11N3O4. The Bertz CT molecular complexity index is 778. The number of amides is 2. The van der Waals surface area contributed by atoms with Crippen LogP contribution in [0.15, 0.2) is 30.6 Å². The number of imide groups is 1. The number of hydrogen-bond acceptors (Lipinski definition) is 4. The highest BCUT2D eigenvalue weighted by Gasteiger charge is 2.36. The molecule has 1 aliphatic heterocycles. The predicted molar refractivity (Wildman–Crippen MR) is 70.8 cm³/mol. The summed E-state index contributed by atoms with van der Waals surface area (Å²) in [6.45, 7) is 0.0538. The summed E-state index contributed by atoms with van der Waals surface area (Å²) in [6, 6.07) is 3.92. The minimum absolute atomic E-state index is 0.0197. The van der Waals surface area contributed by atoms with Crippen molar-refractivity contribution in [2.24, 2.45) is 7.05 Å². The van der Waals surface area contributed by atoms with E-state index in [4.69, 9.17) is 5.11 Å². The zero-order chi connectivity index (χ0) is 15.1. The van der Waals surface area contributed by atoms with Crippen molar-refractivity contribution in [1.29, 1.82) is 0 Å². The number of imidazole rings is 1. The van der Waals surface area contributed by atoms with Gasteiger partial charge in [0, 0.05) is 19.4 Å². The first kappa shape index (κ1) is 13.0. The molecule has 2 amide bonds. The molecule has 0 bridgehead atoms. The van der Waals surface area contributed by atoms with Crippen LogP contribution >= 0.6 is 0 Å². The van der Waals surface area contributed by atoms with Gasteiger partial charge in [-0.15, -0.1) is 0 Å². The van der Waals surface area contributed by atoms with E-state index in [1.54, 1.807) is 24.0 Å². The quantitative estimate of drug-likeness (QED) is 0.846. The minimum atomic E-state index is -1.14. The molecule has 0 fully saturated rings. The van der Waals surface area contributed by atoms with E-state index in [1.165, 1.54) is 18.2 Å². The number of carbonyl (C=O) groups excluding carboxylic acids is 2. The second-order valence-electron chi connectivity index (χ2n) is 4.72. The van der Waals surface area contributed by atoms with Crippen molar-refractivity contribution in [3.8, 4) is 0 Å². The topological polar surface area (TPSA) is 92.5 Å². The fourth-order valence-electron chi connectivity index (χ4n) is 2.26. The fourth-order valence-corrected chi connectivity index (χ4v) is 2.26. The van der Waals surface area contributed by atoms with E-state index in [9.17, 15) is 14.4 Å². The van der Waals surface area contributed by atoms with Crippen molar-refractivity contribution in [2.45, 2.75) is 6.54 Å². The SMILES string of the molecule is Cn1ccnc1CN1C(=O)c2ccc(C(=O)O)cc2C1=O. The van der Waals surface area contributed by atoms with Crippen LogP contribution in [0.4, 0.5) is 0 Å². The molecule has 2 aromatic rings. The van der Waals surface area contributed by atoms with Crippen LogP contribution < -0.4 is 0 Å². The number of fused-ring (bicyclic) bond motifs is 1. The Morgan fingerprint density at radius 2 is 1.95 bits per heavy atom. The summed E-state index contributed by atoms with van der Waals surface area (Å²) in [7, 11) is 1.77. The molecular weight excluding hydrogens is 274 g/mol. The number of carboxylic acid groups (broad SMARTS) is 1. The molecule has 0 radical (unpaired) electrons. The lowest BCUT2D eigenvalue weighted by Crippen LogP contribution is -2.30. The Hall–Kier alpha value is -2.96. The molecule has 2 heterocycles. The van der Waals surface area contributed by atoms with Crippen LogP contribution in [0, 0.1) is 0 Å². The Morgan fingerprint density at radius 1 is 1.24 bits per heavy atom. The van der Waals surface area contributed by atoms with Gasteiger partial charge in [-0.2, -0.15) is 0 Å². The summed E-state index contributed by atoms with van der Waals surface area (Å²) < 4.78 is 1.71. The van der Waals surface area contributed by atoms with Gasteiger partial charge in [-0.3, -0.25) is 14.5 Å². The molecule has 0 atom stereocenters. The lowest BCUT2D eigenvalue weighted by molar-refractivity contribution is 0.0636. The lowest BCUT2D eigenvalue weighted by atomic mass is 10.1. The third-order valence-corrected chi connectivity index (χ3v) is 3.44. The van der Waals surface area contributed by atoms with E-state index in [-0.39, 0.29) is 23.2 Å². The molecule has 0 unspecified atom stereocenters. The molecule has 1 N–H and O–H groups in total. The third kappa shape index (κ3) is 1.99. The fraction of sp³-hybridized carbons (Fsp3) is 0.143. The predicted octanol–water partition coefficient (Wildman–Crippen LogP) is 0.915. The number of aromatic carboxylic acids is 1. The maximum absolute atomic E-state index is 12.3. The highest BCUT2D eigenvalue weighted by Crippen LogP contribution is 2.25. The molecule has 7 heteroatoms. The van der Waals surface area contributed by atoms with Gasteiger partial charge in [0.1, 0.15) is 5.82 Å². The van der Waals surface area contributed by atoms with Crippen molar-refractivity contribution < 1.29 is 19.5 Å². The molecule has 3 rings (SSSR count). The maximum atomic E-state index is 12.3. The summed E-state index contributed by atoms with van der Waals surface area (Å²) in [4.78, 5) is 40.6. The van der Waals surface area contributed by atoms with Gasteiger partial charge in [0.25, 0.3) is 11.8 Å². The van der Waals surface area contributed by atoms with Gasteiger partial charge < -0.3 is 9.67 Å². The van der Waals surface area contributed by atoms with Gasteiger partial charge in [0.15, 0.2) is 0 Å². The van der Waals surface area contributed by atoms with Crippen LogP contribution in [0.5, 0.6) is 0 Å². The summed E-state index contributed by atoms with van der Waals surface area (Å²) in [5.74, 6) is -1.50. The van der Waals surface area contributed by atoms with E-state index < -0.39 is 17.8 Å². The van der Waals surface area contributed by atoms with Crippen LogP contribution in [-0.4, -0.2) is 37.3 Å². The molecule has 0 saturated carbocycles. The maximum Gasteiger partial charge on any atom is 0.335 e. The highest BCUT2D eigenvalue weighted by molar-refractivity contribution is 6.21. The van der Waals surface area contributed by atoms with Gasteiger partial charge in [0.2, 0.25) is 0 Å². The molecule has 0 aliphatic carbocycles. The number of aromatic nitrogens is 2. The van der Waals surface area contributed by atoms with Crippen molar-refractivity contribution in [3.05, 3.63) is 53.1 Å². The van der Waals surface area contributed by atoms with Crippen molar-refractivity contribution in [1.82, 2.24) is 14.5 Å². The van der Waals surface area contributed by atoms with Gasteiger partial charge >= 0.3 is 5.97 Å². The molecule has 1 aromatic heterocycles. The zero-order valence-corrected chi connectivity index (χ0v) is 11.1. The van der Waals surface area contributed by atoms with Crippen LogP contribution in [0.1, 0.15) is 36.9 Å². The first-order chi connectivity index (χ1) is 9.99. The molecule has 0 spiro atoms. The first-order valence-electron chi connectivity index (χ1n) is 6.19. The Balaban J connectivity index is 1.97. The molecule has 0 saturated heterocycles. The summed E-state index contributed by atoms with van der Waals surface area (Å²) >= 11 is 0. The number of nitrogens with zero attached hydrogens (tertiary/aromatic N) is 3. The van der Waals surface area contributed by atoms with Gasteiger partial charge in [0.05, 0.1) is 23.2 Å². The van der Waals surface area contributed by atoms with Crippen LogP contribution in [0.2, 0.25) is 0 Å². The first-order valence-corrected chi connectivity index (χ1v) is 6.19. The second kappa shape index (κ2) is 4.55. The minimum Gasteiger partial charge on any atom is -0.478 e. The average molecular weight is 285 g/mol. The van der Waals surface area contributed by atoms with Crippen LogP contribution in [0.25, 0.3) is 0 Å². The molecule has 1 aromatic carbocycles. The number of carbonyl (C=O) groups is 3. The molecule has 7 nitrogen and oxygen atoms in total. The molecule has 21 heavy (non-hydrogen) atoms. The van der Waals surface area contributed by atoms with E-state index in [0.29, 0.717) is 5.82 Å². The normalized spacial score (nSPS) is 13.7. The monoisotopic (exact) mass is 285 g/mol. The third-order valence-electron chi connectivity index (χ3n) is 3.44. The van der Waals surface area contributed by atoms with E-state index in [0.717, 1.165) is 4.90 Å². The number of carboxylic acids is 1. The van der Waals surface area contributed by atoms with Gasteiger partial charge in [-0.05, 0) is 18.2 Å². The highest BCUT2D eigenvalue weighted by atomic mass is 16.4. The van der Waals surface area contributed by atoms with Crippen molar-refractivity contribution in [3.63, 3.8) is 0 Å². The lowest BCUT2D eigenvalue weighted by Gasteiger charge is -2.13. The zero-order valence-electron chi connectivity index (χ0n) is 11.1. The van der Waals surface area contributed by atoms with Gasteiger partial charge in [-0.25, -0.2) is 9.78 Å². The largest absolute Gasteiger partial charge is 0.478 e. The van der Waals surface area contributed by atoms with E-state index in [2.05, 4.69) is 4.98 Å². The number of aryl methyl sites for hydroxylation is 1. The average Bonchev–Trinajstić information content (AvgIpc) is 2.96. The molecule has 106 valence electrons. The van der Waals surface area contributed by atoms with Crippen LogP contribution in [-0.2, 0) is 13.6 Å². The standard InChI is InChI=1S/C14H11N3O4/c1-16-5-4-15-11(16)7-17-12(18)9-3-2-8(14(20)21)6-10(9)13(17)19/h2-6H,7H2,1H3,(H,20,21). The van der Waals surface area contributed by atoms with E-state index in [1.807, 2.05) is 0 Å². The summed E-state index contributed by atoms with van der Waals surface area (Å²) in [5, 5.41) is 8.95. The van der Waals surface area contributed by atoms with E-state index >= 15 is 0 Å². The summed E-state index contributed by atoms with van der Waals surface area (Å²) in [6.07, 6.45) is 3.30. The van der Waals surface area contributed by atoms with Crippen molar-refractivity contribution >= 4 is 17.8 Å².